The molecule has 2 fully saturated rings. The van der Waals surface area contributed by atoms with E-state index in [1.165, 1.54) is 38.8 Å². The molecule has 1 saturated carbocycles. The number of hydrogen-bond donors (Lipinski definition) is 1. The Morgan fingerprint density at radius 1 is 1.23 bits per heavy atom. The molecule has 1 aliphatic carbocycles. The van der Waals surface area contributed by atoms with Crippen molar-refractivity contribution in [1.29, 1.82) is 0 Å². The maximum atomic E-state index is 6.10. The molecule has 0 unspecified atom stereocenters. The minimum absolute atomic E-state index is 0.117. The highest BCUT2D eigenvalue weighted by molar-refractivity contribution is 4.92. The molecule has 0 radical (unpaired) electrons. The minimum atomic E-state index is 0.117. The number of hydrogen-bond acceptors (Lipinski definition) is 2. The normalized spacial score (nSPS) is 39.9. The lowest BCUT2D eigenvalue weighted by Gasteiger charge is -2.46. The highest BCUT2D eigenvalue weighted by Gasteiger charge is 2.34. The molecule has 1 heterocycles. The molecule has 0 amide bonds. The summed E-state index contributed by atoms with van der Waals surface area (Å²) in [4.78, 5) is 2.65. The third kappa shape index (κ3) is 2.05. The van der Waals surface area contributed by atoms with E-state index in [-0.39, 0.29) is 5.54 Å². The van der Waals surface area contributed by atoms with Gasteiger partial charge in [-0.2, -0.15) is 0 Å². The topological polar surface area (TPSA) is 29.3 Å². The summed E-state index contributed by atoms with van der Waals surface area (Å²) in [5, 5.41) is 0. The predicted molar refractivity (Wildman–Crippen MR) is 55.6 cm³/mol. The van der Waals surface area contributed by atoms with Gasteiger partial charge in [0.2, 0.25) is 0 Å². The molecular weight excluding hydrogens is 160 g/mol. The SMILES string of the molecule is CC1CC(N2CCC(C)(N)CC2)C1. The maximum Gasteiger partial charge on any atom is 0.0150 e. The second-order valence-corrected chi connectivity index (χ2v) is 5.42. The summed E-state index contributed by atoms with van der Waals surface area (Å²) in [7, 11) is 0. The molecule has 0 aromatic heterocycles. The number of nitrogens with zero attached hydrogens (tertiary/aromatic N) is 1. The van der Waals surface area contributed by atoms with Crippen molar-refractivity contribution in [3.8, 4) is 0 Å². The number of likely N-dealkylation sites (tertiary alicyclic amines) is 1. The van der Waals surface area contributed by atoms with Crippen molar-refractivity contribution >= 4 is 0 Å². The van der Waals surface area contributed by atoms with Gasteiger partial charge in [-0.15, -0.1) is 0 Å². The Balaban J connectivity index is 1.79. The third-order valence-electron chi connectivity index (χ3n) is 3.81. The summed E-state index contributed by atoms with van der Waals surface area (Å²) < 4.78 is 0. The highest BCUT2D eigenvalue weighted by atomic mass is 15.2. The van der Waals surface area contributed by atoms with Crippen LogP contribution in [-0.2, 0) is 0 Å². The second kappa shape index (κ2) is 3.25. The van der Waals surface area contributed by atoms with Crippen LogP contribution in [0.2, 0.25) is 0 Å². The largest absolute Gasteiger partial charge is 0.325 e. The average Bonchev–Trinajstić information content (AvgIpc) is 2.00. The van der Waals surface area contributed by atoms with E-state index < -0.39 is 0 Å². The van der Waals surface area contributed by atoms with Crippen molar-refractivity contribution in [1.82, 2.24) is 4.90 Å². The number of nitrogens with two attached hydrogens (primary N) is 1. The highest BCUT2D eigenvalue weighted by Crippen LogP contribution is 2.33. The Kier molecular flexibility index (Phi) is 2.37. The van der Waals surface area contributed by atoms with E-state index in [1.54, 1.807) is 0 Å². The van der Waals surface area contributed by atoms with E-state index in [0.717, 1.165) is 12.0 Å². The van der Waals surface area contributed by atoms with Crippen LogP contribution in [0, 0.1) is 5.92 Å². The fourth-order valence-corrected chi connectivity index (χ4v) is 2.56. The van der Waals surface area contributed by atoms with Crippen LogP contribution < -0.4 is 5.73 Å². The first-order valence-electron chi connectivity index (χ1n) is 5.60. The Hall–Kier alpha value is -0.0800. The molecule has 0 bridgehead atoms. The van der Waals surface area contributed by atoms with E-state index in [9.17, 15) is 0 Å². The predicted octanol–water partition coefficient (Wildman–Crippen LogP) is 1.60. The van der Waals surface area contributed by atoms with Gasteiger partial charge < -0.3 is 10.6 Å². The number of piperidine rings is 1. The molecule has 0 aromatic rings. The monoisotopic (exact) mass is 182 g/mol. The van der Waals surface area contributed by atoms with Crippen LogP contribution in [-0.4, -0.2) is 29.6 Å². The lowest BCUT2D eigenvalue weighted by Crippen LogP contribution is -2.53. The van der Waals surface area contributed by atoms with Gasteiger partial charge in [0.15, 0.2) is 0 Å². The van der Waals surface area contributed by atoms with E-state index in [4.69, 9.17) is 5.73 Å². The van der Waals surface area contributed by atoms with E-state index in [2.05, 4.69) is 18.7 Å². The lowest BCUT2D eigenvalue weighted by atomic mass is 9.79. The Labute approximate surface area is 81.5 Å². The van der Waals surface area contributed by atoms with Crippen LogP contribution in [0.3, 0.4) is 0 Å². The average molecular weight is 182 g/mol. The molecule has 1 saturated heterocycles. The summed E-state index contributed by atoms with van der Waals surface area (Å²) in [6, 6.07) is 0.895. The van der Waals surface area contributed by atoms with Crippen LogP contribution in [0.5, 0.6) is 0 Å². The van der Waals surface area contributed by atoms with Crippen molar-refractivity contribution in [3.63, 3.8) is 0 Å². The van der Waals surface area contributed by atoms with E-state index in [0.29, 0.717) is 0 Å². The zero-order valence-electron chi connectivity index (χ0n) is 8.92. The third-order valence-corrected chi connectivity index (χ3v) is 3.81. The van der Waals surface area contributed by atoms with E-state index >= 15 is 0 Å². The number of rotatable bonds is 1. The van der Waals surface area contributed by atoms with Crippen molar-refractivity contribution in [2.24, 2.45) is 11.7 Å². The Morgan fingerprint density at radius 3 is 2.23 bits per heavy atom. The summed E-state index contributed by atoms with van der Waals surface area (Å²) >= 11 is 0. The quantitative estimate of drug-likeness (QED) is 0.667. The summed E-state index contributed by atoms with van der Waals surface area (Å²) in [6.45, 7) is 7.00. The molecule has 2 heteroatoms. The summed E-state index contributed by atoms with van der Waals surface area (Å²) in [5.74, 6) is 0.969. The van der Waals surface area contributed by atoms with Gasteiger partial charge in [0.1, 0.15) is 0 Å². The first-order valence-corrected chi connectivity index (χ1v) is 5.60. The first kappa shape index (κ1) is 9.47. The Bertz CT molecular complexity index is 173. The zero-order chi connectivity index (χ0) is 9.47. The molecule has 2 rings (SSSR count). The fraction of sp³-hybridized carbons (Fsp3) is 1.00. The van der Waals surface area contributed by atoms with Crippen molar-refractivity contribution in [3.05, 3.63) is 0 Å². The molecule has 0 atom stereocenters. The maximum absolute atomic E-state index is 6.10. The molecule has 76 valence electrons. The molecule has 1 aliphatic heterocycles. The van der Waals surface area contributed by atoms with Crippen LogP contribution >= 0.6 is 0 Å². The lowest BCUT2D eigenvalue weighted by molar-refractivity contribution is 0.0508. The van der Waals surface area contributed by atoms with Crippen molar-refractivity contribution in [2.45, 2.75) is 51.1 Å². The summed E-state index contributed by atoms with van der Waals surface area (Å²) in [6.07, 6.45) is 5.19. The van der Waals surface area contributed by atoms with Crippen molar-refractivity contribution in [2.75, 3.05) is 13.1 Å². The molecular formula is C11H22N2. The van der Waals surface area contributed by atoms with Gasteiger partial charge in [0.05, 0.1) is 0 Å². The van der Waals surface area contributed by atoms with E-state index in [1.807, 2.05) is 0 Å². The van der Waals surface area contributed by atoms with Crippen LogP contribution in [0.15, 0.2) is 0 Å². The van der Waals surface area contributed by atoms with Crippen LogP contribution in [0.25, 0.3) is 0 Å². The second-order valence-electron chi connectivity index (χ2n) is 5.42. The molecule has 13 heavy (non-hydrogen) atoms. The van der Waals surface area contributed by atoms with Gasteiger partial charge in [-0.05, 0) is 38.5 Å². The van der Waals surface area contributed by atoms with Gasteiger partial charge in [-0.1, -0.05) is 6.92 Å². The molecule has 2 N–H and O–H groups in total. The zero-order valence-corrected chi connectivity index (χ0v) is 8.92. The Morgan fingerprint density at radius 2 is 1.77 bits per heavy atom. The van der Waals surface area contributed by atoms with Crippen LogP contribution in [0.4, 0.5) is 0 Å². The van der Waals surface area contributed by atoms with Gasteiger partial charge in [0, 0.05) is 24.7 Å². The molecule has 0 aromatic carbocycles. The van der Waals surface area contributed by atoms with Crippen LogP contribution in [0.1, 0.15) is 39.5 Å². The van der Waals surface area contributed by atoms with Gasteiger partial charge in [-0.25, -0.2) is 0 Å². The standard InChI is InChI=1S/C11H22N2/c1-9-7-10(8-9)13-5-3-11(2,12)4-6-13/h9-10H,3-8,12H2,1-2H3. The summed E-state index contributed by atoms with van der Waals surface area (Å²) in [5.41, 5.74) is 6.22. The van der Waals surface area contributed by atoms with Gasteiger partial charge >= 0.3 is 0 Å². The van der Waals surface area contributed by atoms with Crippen molar-refractivity contribution < 1.29 is 0 Å². The molecule has 2 aliphatic rings. The molecule has 0 spiro atoms. The smallest absolute Gasteiger partial charge is 0.0150 e. The fourth-order valence-electron chi connectivity index (χ4n) is 2.56. The van der Waals surface area contributed by atoms with Gasteiger partial charge in [-0.3, -0.25) is 0 Å². The first-order chi connectivity index (χ1) is 6.07. The minimum Gasteiger partial charge on any atom is -0.325 e. The molecule has 2 nitrogen and oxygen atoms in total. The van der Waals surface area contributed by atoms with Gasteiger partial charge in [0.25, 0.3) is 0 Å².